The summed E-state index contributed by atoms with van der Waals surface area (Å²) < 4.78 is 5.16. The lowest BCUT2D eigenvalue weighted by atomic mass is 10.3. The van der Waals surface area contributed by atoms with Gasteiger partial charge in [-0.25, -0.2) is 5.84 Å². The molecule has 0 unspecified atom stereocenters. The number of hydrogen-bond donors (Lipinski definition) is 1. The monoisotopic (exact) mass is 156 g/mol. The molecule has 0 atom stereocenters. The second-order valence-corrected chi connectivity index (χ2v) is 2.33. The van der Waals surface area contributed by atoms with Crippen molar-refractivity contribution in [2.75, 3.05) is 13.7 Å². The van der Waals surface area contributed by atoms with Gasteiger partial charge in [0.05, 0.1) is 6.61 Å². The summed E-state index contributed by atoms with van der Waals surface area (Å²) in [6, 6.07) is 0. The molecule has 0 amide bonds. The Labute approximate surface area is 68.1 Å². The Morgan fingerprint density at radius 3 is 2.64 bits per heavy atom. The number of nitrogens with zero attached hydrogens (tertiary/aromatic N) is 1. The first-order chi connectivity index (χ1) is 5.07. The molecule has 0 aliphatic heterocycles. The van der Waals surface area contributed by atoms with Crippen LogP contribution in [-0.2, 0) is 4.74 Å². The summed E-state index contributed by atoms with van der Waals surface area (Å²) in [5.74, 6) is 6.06. The summed E-state index contributed by atoms with van der Waals surface area (Å²) >= 11 is 0. The minimum absolute atomic E-state index is 0.637. The van der Waals surface area contributed by atoms with Crippen LogP contribution < -0.4 is 5.84 Å². The lowest BCUT2D eigenvalue weighted by molar-refractivity contribution is 0.238. The highest BCUT2D eigenvalue weighted by atomic mass is 16.5. The van der Waals surface area contributed by atoms with E-state index in [1.807, 2.05) is 13.8 Å². The third kappa shape index (κ3) is 4.44. The van der Waals surface area contributed by atoms with Crippen molar-refractivity contribution in [2.24, 2.45) is 5.84 Å². The van der Waals surface area contributed by atoms with E-state index in [1.54, 1.807) is 13.2 Å². The van der Waals surface area contributed by atoms with Gasteiger partial charge in [0.2, 0.25) is 0 Å². The second-order valence-electron chi connectivity index (χ2n) is 2.33. The fraction of sp³-hybridized carbons (Fsp3) is 0.500. The Morgan fingerprint density at radius 2 is 2.27 bits per heavy atom. The van der Waals surface area contributed by atoms with E-state index in [1.165, 1.54) is 5.01 Å². The van der Waals surface area contributed by atoms with Gasteiger partial charge in [-0.1, -0.05) is 6.58 Å². The molecule has 64 valence electrons. The average Bonchev–Trinajstić information content (AvgIpc) is 1.86. The molecule has 3 nitrogen and oxygen atoms in total. The zero-order valence-electron chi connectivity index (χ0n) is 7.42. The van der Waals surface area contributed by atoms with Gasteiger partial charge in [-0.15, -0.1) is 0 Å². The van der Waals surface area contributed by atoms with Crippen molar-refractivity contribution in [2.45, 2.75) is 13.8 Å². The van der Waals surface area contributed by atoms with Crippen LogP contribution in [0.2, 0.25) is 0 Å². The summed E-state index contributed by atoms with van der Waals surface area (Å²) in [5, 5.41) is 1.47. The third-order valence-electron chi connectivity index (χ3n) is 1.16. The first-order valence-corrected chi connectivity index (χ1v) is 3.56. The molecule has 0 aromatic rings. The summed E-state index contributed by atoms with van der Waals surface area (Å²) in [4.78, 5) is 0. The molecular formula is C8H16N2O. The van der Waals surface area contributed by atoms with Gasteiger partial charge in [0, 0.05) is 18.8 Å². The third-order valence-corrected chi connectivity index (χ3v) is 1.16. The summed E-state index contributed by atoms with van der Waals surface area (Å²) in [6.07, 6.45) is 1.76. The Bertz CT molecular complexity index is 161. The Balaban J connectivity index is 4.01. The number of ether oxygens (including phenoxy) is 1. The minimum atomic E-state index is 0.637. The highest BCUT2D eigenvalue weighted by molar-refractivity contribution is 5.19. The molecule has 11 heavy (non-hydrogen) atoms. The molecule has 0 radical (unpaired) electrons. The maximum absolute atomic E-state index is 5.39. The van der Waals surface area contributed by atoms with Gasteiger partial charge >= 0.3 is 0 Å². The Kier molecular flexibility index (Phi) is 4.38. The average molecular weight is 156 g/mol. The molecule has 0 rings (SSSR count). The van der Waals surface area contributed by atoms with Crippen molar-refractivity contribution < 1.29 is 4.74 Å². The molecule has 0 bridgehead atoms. The Morgan fingerprint density at radius 1 is 1.73 bits per heavy atom. The van der Waals surface area contributed by atoms with Gasteiger partial charge in [-0.3, -0.25) is 0 Å². The van der Waals surface area contributed by atoms with Gasteiger partial charge in [-0.2, -0.15) is 0 Å². The largest absolute Gasteiger partial charge is 0.494 e. The molecular weight excluding hydrogens is 140 g/mol. The van der Waals surface area contributed by atoms with E-state index < -0.39 is 0 Å². The molecule has 0 fully saturated rings. The van der Waals surface area contributed by atoms with Crippen molar-refractivity contribution >= 4 is 0 Å². The normalized spacial score (nSPS) is 11.1. The fourth-order valence-electron chi connectivity index (χ4n) is 0.666. The molecule has 0 spiro atoms. The van der Waals surface area contributed by atoms with Gasteiger partial charge in [0.15, 0.2) is 0 Å². The quantitative estimate of drug-likeness (QED) is 0.288. The van der Waals surface area contributed by atoms with Crippen LogP contribution in [0.5, 0.6) is 0 Å². The fourth-order valence-corrected chi connectivity index (χ4v) is 0.666. The number of hydrazine groups is 1. The van der Waals surface area contributed by atoms with Gasteiger partial charge in [-0.05, 0) is 13.8 Å². The smallest absolute Gasteiger partial charge is 0.116 e. The predicted octanol–water partition coefficient (Wildman–Crippen LogP) is 1.25. The lowest BCUT2D eigenvalue weighted by Gasteiger charge is -2.10. The van der Waals surface area contributed by atoms with Gasteiger partial charge < -0.3 is 9.75 Å². The molecule has 0 aliphatic rings. The molecule has 0 saturated heterocycles. The van der Waals surface area contributed by atoms with Crippen molar-refractivity contribution in [3.8, 4) is 0 Å². The maximum Gasteiger partial charge on any atom is 0.116 e. The first-order valence-electron chi connectivity index (χ1n) is 3.56. The van der Waals surface area contributed by atoms with E-state index in [2.05, 4.69) is 6.58 Å². The van der Waals surface area contributed by atoms with E-state index in [-0.39, 0.29) is 0 Å². The predicted molar refractivity (Wildman–Crippen MR) is 46.5 cm³/mol. The van der Waals surface area contributed by atoms with Crippen LogP contribution in [0.4, 0.5) is 0 Å². The van der Waals surface area contributed by atoms with Crippen molar-refractivity contribution in [1.29, 1.82) is 0 Å². The molecule has 3 heteroatoms. The highest BCUT2D eigenvalue weighted by Crippen LogP contribution is 2.07. The standard InChI is InChI=1S/C8H16N2O/c1-5-11-8(3)7(2)6-10(4)9/h6H,3,5,9H2,1-2,4H3/b7-6-. The summed E-state index contributed by atoms with van der Waals surface area (Å²) in [5.41, 5.74) is 0.942. The lowest BCUT2D eigenvalue weighted by Crippen LogP contribution is -2.19. The number of rotatable bonds is 4. The number of allylic oxidation sites excluding steroid dienone is 1. The maximum atomic E-state index is 5.39. The zero-order valence-corrected chi connectivity index (χ0v) is 7.42. The van der Waals surface area contributed by atoms with Crippen molar-refractivity contribution in [3.63, 3.8) is 0 Å². The first kappa shape index (κ1) is 10.0. The molecule has 0 aliphatic carbocycles. The van der Waals surface area contributed by atoms with E-state index >= 15 is 0 Å². The highest BCUT2D eigenvalue weighted by Gasteiger charge is 1.95. The summed E-state index contributed by atoms with van der Waals surface area (Å²) in [7, 11) is 1.75. The van der Waals surface area contributed by atoms with Gasteiger partial charge in [0.1, 0.15) is 5.76 Å². The van der Waals surface area contributed by atoms with Crippen LogP contribution in [-0.4, -0.2) is 18.7 Å². The van der Waals surface area contributed by atoms with E-state index in [0.29, 0.717) is 12.4 Å². The number of hydrogen-bond acceptors (Lipinski definition) is 3. The van der Waals surface area contributed by atoms with Gasteiger partial charge in [0.25, 0.3) is 0 Å². The second kappa shape index (κ2) is 4.79. The van der Waals surface area contributed by atoms with E-state index in [9.17, 15) is 0 Å². The molecule has 0 heterocycles. The number of nitrogens with two attached hydrogens (primary N) is 1. The van der Waals surface area contributed by atoms with Crippen LogP contribution in [0, 0.1) is 0 Å². The van der Waals surface area contributed by atoms with Crippen molar-refractivity contribution in [1.82, 2.24) is 5.01 Å². The summed E-state index contributed by atoms with van der Waals surface area (Å²) in [6.45, 7) is 8.19. The van der Waals surface area contributed by atoms with Crippen LogP contribution >= 0.6 is 0 Å². The molecule has 0 saturated carbocycles. The van der Waals surface area contributed by atoms with Crippen molar-refractivity contribution in [3.05, 3.63) is 24.1 Å². The molecule has 0 aromatic carbocycles. The van der Waals surface area contributed by atoms with E-state index in [0.717, 1.165) is 5.57 Å². The Hall–Kier alpha value is -0.960. The SMILES string of the molecule is C=C(OCC)/C(C)=C\N(C)N. The minimum Gasteiger partial charge on any atom is -0.494 e. The van der Waals surface area contributed by atoms with Crippen LogP contribution in [0.25, 0.3) is 0 Å². The molecule has 0 aromatic heterocycles. The van der Waals surface area contributed by atoms with Crippen LogP contribution in [0.1, 0.15) is 13.8 Å². The van der Waals surface area contributed by atoms with Crippen LogP contribution in [0.3, 0.4) is 0 Å². The van der Waals surface area contributed by atoms with Crippen LogP contribution in [0.15, 0.2) is 24.1 Å². The topological polar surface area (TPSA) is 38.5 Å². The van der Waals surface area contributed by atoms with E-state index in [4.69, 9.17) is 10.6 Å². The zero-order chi connectivity index (χ0) is 8.85. The molecule has 2 N–H and O–H groups in total.